The van der Waals surface area contributed by atoms with E-state index in [1.165, 1.54) is 76.8 Å². The molecule has 1 aliphatic carbocycles. The number of allylic oxidation sites excluding steroid dienone is 2. The zero-order chi connectivity index (χ0) is 30.0. The van der Waals surface area contributed by atoms with Gasteiger partial charge >= 0.3 is 0 Å². The van der Waals surface area contributed by atoms with Gasteiger partial charge in [0, 0.05) is 10.3 Å². The molecule has 0 fully saturated rings. The Morgan fingerprint density at radius 3 is 1.86 bits per heavy atom. The number of thiol groups is 1. The minimum absolute atomic E-state index is 0.115. The molecule has 8 rings (SSSR count). The van der Waals surface area contributed by atoms with Crippen molar-refractivity contribution in [3.05, 3.63) is 163 Å². The van der Waals surface area contributed by atoms with Gasteiger partial charge in [-0.2, -0.15) is 0 Å². The van der Waals surface area contributed by atoms with Crippen LogP contribution in [0.1, 0.15) is 30.5 Å². The molecule has 0 aromatic heterocycles. The summed E-state index contributed by atoms with van der Waals surface area (Å²) >= 11 is 4.87. The maximum absolute atomic E-state index is 4.87. The van der Waals surface area contributed by atoms with Crippen molar-refractivity contribution in [1.29, 1.82) is 0 Å². The molecule has 0 atom stereocenters. The van der Waals surface area contributed by atoms with E-state index >= 15 is 0 Å². The summed E-state index contributed by atoms with van der Waals surface area (Å²) in [6, 6.07) is 46.9. The summed E-state index contributed by atoms with van der Waals surface area (Å²) in [4.78, 5) is 0.901. The fraction of sp³-hybridized carbons (Fsp3) is 0.0698. The molecule has 0 bridgehead atoms. The van der Waals surface area contributed by atoms with E-state index in [-0.39, 0.29) is 5.41 Å². The van der Waals surface area contributed by atoms with Crippen molar-refractivity contribution in [2.45, 2.75) is 19.3 Å². The summed E-state index contributed by atoms with van der Waals surface area (Å²) < 4.78 is 0. The Kier molecular flexibility index (Phi) is 6.15. The van der Waals surface area contributed by atoms with Gasteiger partial charge in [-0.1, -0.05) is 142 Å². The second kappa shape index (κ2) is 10.1. The third kappa shape index (κ3) is 3.86. The van der Waals surface area contributed by atoms with Crippen molar-refractivity contribution in [2.24, 2.45) is 0 Å². The molecule has 1 heteroatoms. The molecule has 7 aromatic carbocycles. The zero-order valence-corrected chi connectivity index (χ0v) is 25.8. The first-order valence-electron chi connectivity index (χ1n) is 15.2. The van der Waals surface area contributed by atoms with E-state index < -0.39 is 0 Å². The first-order chi connectivity index (χ1) is 21.5. The molecule has 44 heavy (non-hydrogen) atoms. The number of hydrogen-bond donors (Lipinski definition) is 1. The van der Waals surface area contributed by atoms with Crippen molar-refractivity contribution in [3.63, 3.8) is 0 Å². The Bertz CT molecular complexity index is 2320. The Hall–Kier alpha value is -4.85. The number of rotatable bonds is 4. The van der Waals surface area contributed by atoms with Gasteiger partial charge in [-0.05, 0) is 101 Å². The van der Waals surface area contributed by atoms with Crippen LogP contribution in [0, 0.1) is 0 Å². The van der Waals surface area contributed by atoms with Crippen molar-refractivity contribution >= 4 is 49.9 Å². The van der Waals surface area contributed by atoms with Crippen LogP contribution in [-0.4, -0.2) is 0 Å². The first kappa shape index (κ1) is 26.8. The quantitative estimate of drug-likeness (QED) is 0.119. The average molecular weight is 581 g/mol. The number of hydrogen-bond acceptors (Lipinski definition) is 1. The summed E-state index contributed by atoms with van der Waals surface area (Å²) in [6.45, 7) is 8.66. The van der Waals surface area contributed by atoms with E-state index in [1.54, 1.807) is 6.08 Å². The van der Waals surface area contributed by atoms with Crippen LogP contribution in [0.25, 0.3) is 70.6 Å². The lowest BCUT2D eigenvalue weighted by Crippen LogP contribution is -2.15. The fourth-order valence-corrected chi connectivity index (χ4v) is 7.75. The summed E-state index contributed by atoms with van der Waals surface area (Å²) in [5.74, 6) is 0. The largest absolute Gasteiger partial charge is 0.143 e. The topological polar surface area (TPSA) is 0 Å². The SMILES string of the molecule is C=C/C=C(\S)c1ccc2c(-c3ccccc3)c3ccccc3c(-c3cc4c(c5ccccc35)-c3ccccc3C4(C)C)c2c1. The van der Waals surface area contributed by atoms with Crippen LogP contribution in [-0.2, 0) is 5.41 Å². The Balaban J connectivity index is 1.58. The van der Waals surface area contributed by atoms with E-state index in [2.05, 4.69) is 148 Å². The molecule has 0 saturated heterocycles. The molecule has 0 saturated carbocycles. The molecule has 0 nitrogen and oxygen atoms in total. The van der Waals surface area contributed by atoms with Crippen LogP contribution in [0.4, 0.5) is 0 Å². The van der Waals surface area contributed by atoms with E-state index in [1.807, 2.05) is 6.08 Å². The molecular formula is C43H32S. The second-order valence-electron chi connectivity index (χ2n) is 12.3. The molecule has 0 radical (unpaired) electrons. The molecule has 210 valence electrons. The fourth-order valence-electron chi connectivity index (χ4n) is 7.51. The van der Waals surface area contributed by atoms with Crippen molar-refractivity contribution in [2.75, 3.05) is 0 Å². The molecule has 1 aliphatic rings. The lowest BCUT2D eigenvalue weighted by atomic mass is 9.79. The van der Waals surface area contributed by atoms with Crippen LogP contribution in [0.5, 0.6) is 0 Å². The molecule has 0 amide bonds. The van der Waals surface area contributed by atoms with E-state index in [0.717, 1.165) is 10.5 Å². The van der Waals surface area contributed by atoms with Gasteiger partial charge in [0.1, 0.15) is 0 Å². The van der Waals surface area contributed by atoms with Crippen molar-refractivity contribution in [3.8, 4) is 33.4 Å². The lowest BCUT2D eigenvalue weighted by molar-refractivity contribution is 0.661. The van der Waals surface area contributed by atoms with Crippen LogP contribution in [0.2, 0.25) is 0 Å². The van der Waals surface area contributed by atoms with Gasteiger partial charge in [-0.15, -0.1) is 12.6 Å². The Morgan fingerprint density at radius 1 is 0.545 bits per heavy atom. The third-order valence-corrected chi connectivity index (χ3v) is 9.92. The second-order valence-corrected chi connectivity index (χ2v) is 12.8. The third-order valence-electron chi connectivity index (χ3n) is 9.51. The highest BCUT2D eigenvalue weighted by Gasteiger charge is 2.37. The summed E-state index contributed by atoms with van der Waals surface area (Å²) in [5.41, 5.74) is 11.5. The molecular weight excluding hydrogens is 549 g/mol. The lowest BCUT2D eigenvalue weighted by Gasteiger charge is -2.24. The van der Waals surface area contributed by atoms with Gasteiger partial charge in [0.25, 0.3) is 0 Å². The Labute approximate surface area is 264 Å². The highest BCUT2D eigenvalue weighted by atomic mass is 32.1. The molecule has 0 aliphatic heterocycles. The smallest absolute Gasteiger partial charge is 0.0159 e. The maximum Gasteiger partial charge on any atom is 0.0159 e. The van der Waals surface area contributed by atoms with Crippen LogP contribution >= 0.6 is 12.6 Å². The van der Waals surface area contributed by atoms with E-state index in [9.17, 15) is 0 Å². The van der Waals surface area contributed by atoms with Crippen LogP contribution < -0.4 is 0 Å². The highest BCUT2D eigenvalue weighted by Crippen LogP contribution is 2.54. The normalized spacial score (nSPS) is 13.8. The first-order valence-corrected chi connectivity index (χ1v) is 15.7. The van der Waals surface area contributed by atoms with Gasteiger partial charge in [0.2, 0.25) is 0 Å². The summed E-state index contributed by atoms with van der Waals surface area (Å²) in [5, 5.41) is 7.55. The van der Waals surface area contributed by atoms with E-state index in [0.29, 0.717) is 0 Å². The molecule has 0 unspecified atom stereocenters. The predicted octanol–water partition coefficient (Wildman–Crippen LogP) is 12.2. The monoisotopic (exact) mass is 580 g/mol. The van der Waals surface area contributed by atoms with E-state index in [4.69, 9.17) is 12.6 Å². The maximum atomic E-state index is 4.87. The molecule has 7 aromatic rings. The predicted molar refractivity (Wildman–Crippen MR) is 195 cm³/mol. The number of benzene rings is 7. The molecule has 0 spiro atoms. The minimum Gasteiger partial charge on any atom is -0.143 e. The van der Waals surface area contributed by atoms with Gasteiger partial charge in [-0.3, -0.25) is 0 Å². The molecule has 0 N–H and O–H groups in total. The van der Waals surface area contributed by atoms with Crippen LogP contribution in [0.15, 0.2) is 146 Å². The average Bonchev–Trinajstić information content (AvgIpc) is 3.29. The van der Waals surface area contributed by atoms with Crippen LogP contribution in [0.3, 0.4) is 0 Å². The van der Waals surface area contributed by atoms with Crippen molar-refractivity contribution < 1.29 is 0 Å². The minimum atomic E-state index is -0.115. The van der Waals surface area contributed by atoms with Gasteiger partial charge in [0.05, 0.1) is 0 Å². The molecule has 0 heterocycles. The number of fused-ring (bicyclic) bond motifs is 7. The Morgan fingerprint density at radius 2 is 1.14 bits per heavy atom. The highest BCUT2D eigenvalue weighted by molar-refractivity contribution is 7.90. The zero-order valence-electron chi connectivity index (χ0n) is 24.9. The summed E-state index contributed by atoms with van der Waals surface area (Å²) in [7, 11) is 0. The summed E-state index contributed by atoms with van der Waals surface area (Å²) in [6.07, 6.45) is 3.77. The van der Waals surface area contributed by atoms with Gasteiger partial charge in [-0.25, -0.2) is 0 Å². The van der Waals surface area contributed by atoms with Gasteiger partial charge < -0.3 is 0 Å². The van der Waals surface area contributed by atoms with Crippen molar-refractivity contribution in [1.82, 2.24) is 0 Å². The van der Waals surface area contributed by atoms with Gasteiger partial charge in [0.15, 0.2) is 0 Å². The standard InChI is InChI=1S/C43H32S/c1-4-14-39(44)28-23-24-33-35(25-28)41(32-20-11-10-19-31(32)40(33)27-15-6-5-7-16-27)36-26-38-42(30-18-9-8-17-29(30)36)34-21-12-13-22-37(34)43(38,2)3/h4-26,44H,1H2,2-3H3/b39-14-.